The van der Waals surface area contributed by atoms with Gasteiger partial charge in [0, 0.05) is 32.6 Å². The molecule has 23 heavy (non-hydrogen) atoms. The van der Waals surface area contributed by atoms with Crippen LogP contribution in [0.2, 0.25) is 0 Å². The molecule has 5 nitrogen and oxygen atoms in total. The Bertz CT molecular complexity index is 698. The standard InChI is InChI=1S/C17H19FN4O/c18-12-3-5-13(6-4-12)23-16-14-11-19-8-7-15(14)20-17(21-16)22-9-1-2-10-22/h3-6,19H,1-2,7-11H2. The topological polar surface area (TPSA) is 50.3 Å². The Labute approximate surface area is 134 Å². The third kappa shape index (κ3) is 2.99. The number of anilines is 1. The predicted molar refractivity (Wildman–Crippen MR) is 85.4 cm³/mol. The van der Waals surface area contributed by atoms with E-state index < -0.39 is 0 Å². The number of benzene rings is 1. The first-order chi connectivity index (χ1) is 11.3. The molecule has 1 aromatic carbocycles. The fourth-order valence-electron chi connectivity index (χ4n) is 3.06. The van der Waals surface area contributed by atoms with Gasteiger partial charge in [-0.3, -0.25) is 0 Å². The van der Waals surface area contributed by atoms with Crippen LogP contribution in [0.1, 0.15) is 24.1 Å². The number of ether oxygens (including phenoxy) is 1. The number of halogens is 1. The largest absolute Gasteiger partial charge is 0.438 e. The number of rotatable bonds is 3. The number of hydrogen-bond acceptors (Lipinski definition) is 5. The second kappa shape index (κ2) is 6.12. The highest BCUT2D eigenvalue weighted by Gasteiger charge is 2.23. The van der Waals surface area contributed by atoms with E-state index in [0.29, 0.717) is 18.2 Å². The maximum atomic E-state index is 13.1. The summed E-state index contributed by atoms with van der Waals surface area (Å²) in [6.07, 6.45) is 3.23. The molecule has 0 saturated carbocycles. The SMILES string of the molecule is Fc1ccc(Oc2nc(N3CCCC3)nc3c2CNCC3)cc1. The zero-order chi connectivity index (χ0) is 15.6. The van der Waals surface area contributed by atoms with Gasteiger partial charge >= 0.3 is 0 Å². The second-order valence-corrected chi connectivity index (χ2v) is 5.93. The molecule has 3 heterocycles. The van der Waals surface area contributed by atoms with Crippen molar-refractivity contribution in [3.8, 4) is 11.6 Å². The summed E-state index contributed by atoms with van der Waals surface area (Å²) in [5.41, 5.74) is 2.06. The number of nitrogens with one attached hydrogen (secondary N) is 1. The summed E-state index contributed by atoms with van der Waals surface area (Å²) < 4.78 is 19.0. The molecular weight excluding hydrogens is 295 g/mol. The van der Waals surface area contributed by atoms with Gasteiger partial charge < -0.3 is 15.0 Å². The monoisotopic (exact) mass is 314 g/mol. The van der Waals surface area contributed by atoms with E-state index in [1.54, 1.807) is 12.1 Å². The molecule has 0 aliphatic carbocycles. The molecule has 0 atom stereocenters. The fraction of sp³-hybridized carbons (Fsp3) is 0.412. The molecule has 0 amide bonds. The molecule has 1 saturated heterocycles. The van der Waals surface area contributed by atoms with Crippen molar-refractivity contribution in [2.75, 3.05) is 24.5 Å². The van der Waals surface area contributed by atoms with Gasteiger partial charge in [-0.15, -0.1) is 0 Å². The molecule has 120 valence electrons. The maximum Gasteiger partial charge on any atom is 0.228 e. The van der Waals surface area contributed by atoms with Crippen LogP contribution in [0.3, 0.4) is 0 Å². The minimum absolute atomic E-state index is 0.276. The molecule has 4 rings (SSSR count). The van der Waals surface area contributed by atoms with Gasteiger partial charge in [-0.1, -0.05) is 0 Å². The fourth-order valence-corrected chi connectivity index (χ4v) is 3.06. The molecule has 0 radical (unpaired) electrons. The van der Waals surface area contributed by atoms with Crippen molar-refractivity contribution in [1.82, 2.24) is 15.3 Å². The van der Waals surface area contributed by atoms with Crippen molar-refractivity contribution < 1.29 is 9.13 Å². The molecule has 2 aliphatic heterocycles. The quantitative estimate of drug-likeness (QED) is 0.944. The van der Waals surface area contributed by atoms with E-state index in [-0.39, 0.29) is 5.82 Å². The van der Waals surface area contributed by atoms with Crippen LogP contribution in [0.15, 0.2) is 24.3 Å². The Balaban J connectivity index is 1.70. The highest BCUT2D eigenvalue weighted by molar-refractivity contribution is 5.43. The molecular formula is C17H19FN4O. The first-order valence-electron chi connectivity index (χ1n) is 8.08. The lowest BCUT2D eigenvalue weighted by Crippen LogP contribution is -2.28. The summed E-state index contributed by atoms with van der Waals surface area (Å²) in [6.45, 7) is 3.60. The van der Waals surface area contributed by atoms with Crippen LogP contribution in [0.25, 0.3) is 0 Å². The summed E-state index contributed by atoms with van der Waals surface area (Å²) in [5, 5.41) is 3.33. The Morgan fingerprint density at radius 1 is 1.09 bits per heavy atom. The molecule has 0 spiro atoms. The van der Waals surface area contributed by atoms with Gasteiger partial charge in [-0.2, -0.15) is 4.98 Å². The Morgan fingerprint density at radius 2 is 1.87 bits per heavy atom. The smallest absolute Gasteiger partial charge is 0.228 e. The Hall–Kier alpha value is -2.21. The average Bonchev–Trinajstić information content (AvgIpc) is 3.11. The molecule has 2 aromatic rings. The zero-order valence-electron chi connectivity index (χ0n) is 12.9. The maximum absolute atomic E-state index is 13.1. The van der Waals surface area contributed by atoms with E-state index in [9.17, 15) is 4.39 Å². The predicted octanol–water partition coefficient (Wildman–Crippen LogP) is 2.65. The van der Waals surface area contributed by atoms with Crippen LogP contribution < -0.4 is 15.0 Å². The van der Waals surface area contributed by atoms with Crippen molar-refractivity contribution in [2.45, 2.75) is 25.8 Å². The van der Waals surface area contributed by atoms with Crippen molar-refractivity contribution in [1.29, 1.82) is 0 Å². The molecule has 1 aromatic heterocycles. The third-order valence-corrected chi connectivity index (χ3v) is 4.30. The zero-order valence-corrected chi connectivity index (χ0v) is 12.9. The third-order valence-electron chi connectivity index (χ3n) is 4.30. The highest BCUT2D eigenvalue weighted by atomic mass is 19.1. The van der Waals surface area contributed by atoms with Crippen LogP contribution >= 0.6 is 0 Å². The minimum atomic E-state index is -0.276. The summed E-state index contributed by atoms with van der Waals surface area (Å²) in [4.78, 5) is 11.6. The van der Waals surface area contributed by atoms with Gasteiger partial charge in [0.1, 0.15) is 11.6 Å². The number of hydrogen-bond donors (Lipinski definition) is 1. The van der Waals surface area contributed by atoms with Crippen molar-refractivity contribution in [3.63, 3.8) is 0 Å². The van der Waals surface area contributed by atoms with Gasteiger partial charge in [0.15, 0.2) is 0 Å². The van der Waals surface area contributed by atoms with E-state index in [1.165, 1.54) is 25.0 Å². The molecule has 6 heteroatoms. The second-order valence-electron chi connectivity index (χ2n) is 5.93. The van der Waals surface area contributed by atoms with Gasteiger partial charge in [-0.25, -0.2) is 9.37 Å². The van der Waals surface area contributed by atoms with E-state index >= 15 is 0 Å². The Kier molecular flexibility index (Phi) is 3.83. The van der Waals surface area contributed by atoms with Crippen LogP contribution in [0.5, 0.6) is 11.6 Å². The van der Waals surface area contributed by atoms with E-state index in [0.717, 1.165) is 43.3 Å². The lowest BCUT2D eigenvalue weighted by atomic mass is 10.1. The van der Waals surface area contributed by atoms with Crippen molar-refractivity contribution >= 4 is 5.95 Å². The number of fused-ring (bicyclic) bond motifs is 1. The van der Waals surface area contributed by atoms with E-state index in [2.05, 4.69) is 15.2 Å². The first-order valence-corrected chi connectivity index (χ1v) is 8.08. The van der Waals surface area contributed by atoms with Gasteiger partial charge in [0.05, 0.1) is 11.3 Å². The van der Waals surface area contributed by atoms with Crippen LogP contribution in [0, 0.1) is 5.82 Å². The van der Waals surface area contributed by atoms with Crippen molar-refractivity contribution in [3.05, 3.63) is 41.3 Å². The molecule has 0 unspecified atom stereocenters. The van der Waals surface area contributed by atoms with E-state index in [1.807, 2.05) is 0 Å². The molecule has 1 N–H and O–H groups in total. The molecule has 2 aliphatic rings. The van der Waals surface area contributed by atoms with E-state index in [4.69, 9.17) is 9.72 Å². The normalized spacial score (nSPS) is 17.2. The summed E-state index contributed by atoms with van der Waals surface area (Å²) in [7, 11) is 0. The lowest BCUT2D eigenvalue weighted by Gasteiger charge is -2.23. The summed E-state index contributed by atoms with van der Waals surface area (Å²) in [5.74, 6) is 1.64. The number of nitrogens with zero attached hydrogens (tertiary/aromatic N) is 3. The number of aromatic nitrogens is 2. The van der Waals surface area contributed by atoms with Gasteiger partial charge in [-0.05, 0) is 37.1 Å². The highest BCUT2D eigenvalue weighted by Crippen LogP contribution is 2.30. The summed E-state index contributed by atoms with van der Waals surface area (Å²) >= 11 is 0. The minimum Gasteiger partial charge on any atom is -0.438 e. The average molecular weight is 314 g/mol. The van der Waals surface area contributed by atoms with Crippen LogP contribution in [-0.4, -0.2) is 29.6 Å². The van der Waals surface area contributed by atoms with Gasteiger partial charge in [0.2, 0.25) is 11.8 Å². The lowest BCUT2D eigenvalue weighted by molar-refractivity contribution is 0.443. The van der Waals surface area contributed by atoms with Gasteiger partial charge in [0.25, 0.3) is 0 Å². The Morgan fingerprint density at radius 3 is 2.65 bits per heavy atom. The summed E-state index contributed by atoms with van der Waals surface area (Å²) in [6, 6.07) is 6.02. The molecule has 0 bridgehead atoms. The van der Waals surface area contributed by atoms with Crippen molar-refractivity contribution in [2.24, 2.45) is 0 Å². The molecule has 1 fully saturated rings. The van der Waals surface area contributed by atoms with Crippen LogP contribution in [-0.2, 0) is 13.0 Å². The first kappa shape index (κ1) is 14.4. The van der Waals surface area contributed by atoms with Crippen LogP contribution in [0.4, 0.5) is 10.3 Å².